The van der Waals surface area contributed by atoms with Crippen molar-refractivity contribution in [3.63, 3.8) is 0 Å². The molecule has 0 aromatic heterocycles. The first-order valence-corrected chi connectivity index (χ1v) is 7.04. The molecule has 0 amide bonds. The van der Waals surface area contributed by atoms with Crippen molar-refractivity contribution in [3.05, 3.63) is 62.7 Å². The smallest absolute Gasteiger partial charge is 0.272 e. The van der Waals surface area contributed by atoms with Gasteiger partial charge >= 0.3 is 0 Å². The van der Waals surface area contributed by atoms with Crippen molar-refractivity contribution < 1.29 is 19.2 Å². The topological polar surface area (TPSA) is 78.7 Å². The highest BCUT2D eigenvalue weighted by atomic mass is 35.5. The summed E-state index contributed by atoms with van der Waals surface area (Å²) in [5, 5.41) is 11.1. The highest BCUT2D eigenvalue weighted by molar-refractivity contribution is 6.32. The van der Waals surface area contributed by atoms with Gasteiger partial charge in [0.05, 0.1) is 17.1 Å². The standard InChI is InChI=1S/C16H14ClNO5/c1-10-7-12(4-5-14(10)18(20)21)23-9-15(19)11-3-6-16(22-2)13(17)8-11/h3-8H,9H2,1-2H3. The van der Waals surface area contributed by atoms with Gasteiger partial charge in [0.15, 0.2) is 12.4 Å². The van der Waals surface area contributed by atoms with E-state index in [1.807, 2.05) is 0 Å². The molecule has 23 heavy (non-hydrogen) atoms. The lowest BCUT2D eigenvalue weighted by Crippen LogP contribution is -2.11. The molecular weight excluding hydrogens is 322 g/mol. The molecule has 2 aromatic rings. The zero-order valence-corrected chi connectivity index (χ0v) is 13.3. The summed E-state index contributed by atoms with van der Waals surface area (Å²) < 4.78 is 10.4. The fraction of sp³-hybridized carbons (Fsp3) is 0.188. The normalized spacial score (nSPS) is 10.2. The molecule has 0 saturated carbocycles. The molecule has 0 spiro atoms. The summed E-state index contributed by atoms with van der Waals surface area (Å²) in [7, 11) is 1.49. The molecule has 2 rings (SSSR count). The zero-order chi connectivity index (χ0) is 17.0. The van der Waals surface area contributed by atoms with E-state index in [4.69, 9.17) is 21.1 Å². The van der Waals surface area contributed by atoms with Gasteiger partial charge in [0.1, 0.15) is 11.5 Å². The van der Waals surface area contributed by atoms with Gasteiger partial charge in [-0.2, -0.15) is 0 Å². The highest BCUT2D eigenvalue weighted by Crippen LogP contribution is 2.26. The van der Waals surface area contributed by atoms with Crippen LogP contribution in [0.5, 0.6) is 11.5 Å². The number of Topliss-reactive ketones (excluding diaryl/α,β-unsaturated/α-hetero) is 1. The van der Waals surface area contributed by atoms with E-state index in [9.17, 15) is 14.9 Å². The number of methoxy groups -OCH3 is 1. The molecule has 0 fully saturated rings. The van der Waals surface area contributed by atoms with Crippen LogP contribution in [-0.4, -0.2) is 24.4 Å². The van der Waals surface area contributed by atoms with E-state index in [-0.39, 0.29) is 18.1 Å². The molecule has 0 bridgehead atoms. The number of aryl methyl sites for hydroxylation is 1. The van der Waals surface area contributed by atoms with Crippen LogP contribution in [-0.2, 0) is 0 Å². The SMILES string of the molecule is COc1ccc(C(=O)COc2ccc([N+](=O)[O-])c(C)c2)cc1Cl. The van der Waals surface area contributed by atoms with Crippen molar-refractivity contribution >= 4 is 23.1 Å². The Balaban J connectivity index is 2.06. The second-order valence-corrected chi connectivity index (χ2v) is 5.17. The number of ketones is 1. The van der Waals surface area contributed by atoms with Crippen molar-refractivity contribution in [2.75, 3.05) is 13.7 Å². The van der Waals surface area contributed by atoms with Crippen LogP contribution in [0.4, 0.5) is 5.69 Å². The van der Waals surface area contributed by atoms with Gasteiger partial charge in [0.2, 0.25) is 0 Å². The summed E-state index contributed by atoms with van der Waals surface area (Å²) in [6.07, 6.45) is 0. The predicted molar refractivity (Wildman–Crippen MR) is 85.7 cm³/mol. The number of carbonyl (C=O) groups excluding carboxylic acids is 1. The van der Waals surface area contributed by atoms with Gasteiger partial charge in [0, 0.05) is 17.2 Å². The molecule has 120 valence electrons. The number of hydrogen-bond acceptors (Lipinski definition) is 5. The minimum absolute atomic E-state index is 0.00520. The second kappa shape index (κ2) is 7.11. The first kappa shape index (κ1) is 16.8. The summed E-state index contributed by atoms with van der Waals surface area (Å²) in [6.45, 7) is 1.41. The van der Waals surface area contributed by atoms with Crippen LogP contribution in [0.15, 0.2) is 36.4 Å². The lowest BCUT2D eigenvalue weighted by Gasteiger charge is -2.08. The molecule has 0 saturated heterocycles. The Morgan fingerprint density at radius 1 is 1.26 bits per heavy atom. The zero-order valence-electron chi connectivity index (χ0n) is 12.5. The van der Waals surface area contributed by atoms with E-state index in [0.717, 1.165) is 0 Å². The molecule has 0 unspecified atom stereocenters. The first-order chi connectivity index (χ1) is 10.9. The van der Waals surface area contributed by atoms with Crippen LogP contribution in [0, 0.1) is 17.0 Å². The number of rotatable bonds is 6. The van der Waals surface area contributed by atoms with E-state index in [0.29, 0.717) is 27.6 Å². The van der Waals surface area contributed by atoms with Gasteiger partial charge in [0.25, 0.3) is 5.69 Å². The van der Waals surface area contributed by atoms with E-state index in [2.05, 4.69) is 0 Å². The number of hydrogen-bond donors (Lipinski definition) is 0. The lowest BCUT2D eigenvalue weighted by atomic mass is 10.1. The second-order valence-electron chi connectivity index (χ2n) is 4.77. The number of nitrogens with zero attached hydrogens (tertiary/aromatic N) is 1. The Hall–Kier alpha value is -2.60. The Kier molecular flexibility index (Phi) is 5.18. The molecule has 0 atom stereocenters. The number of carbonyl (C=O) groups is 1. The van der Waals surface area contributed by atoms with Crippen LogP contribution in [0.3, 0.4) is 0 Å². The average Bonchev–Trinajstić information content (AvgIpc) is 2.52. The maximum Gasteiger partial charge on any atom is 0.272 e. The van der Waals surface area contributed by atoms with Crippen LogP contribution in [0.25, 0.3) is 0 Å². The van der Waals surface area contributed by atoms with Gasteiger partial charge < -0.3 is 9.47 Å². The summed E-state index contributed by atoms with van der Waals surface area (Å²) in [6, 6.07) is 9.03. The van der Waals surface area contributed by atoms with Gasteiger partial charge in [-0.25, -0.2) is 0 Å². The summed E-state index contributed by atoms with van der Waals surface area (Å²) in [5.74, 6) is 0.613. The fourth-order valence-electron chi connectivity index (χ4n) is 1.99. The lowest BCUT2D eigenvalue weighted by molar-refractivity contribution is -0.385. The summed E-state index contributed by atoms with van der Waals surface area (Å²) >= 11 is 5.98. The quantitative estimate of drug-likeness (QED) is 0.455. The average molecular weight is 336 g/mol. The molecule has 0 radical (unpaired) electrons. The third kappa shape index (κ3) is 3.98. The minimum atomic E-state index is -0.469. The predicted octanol–water partition coefficient (Wildman–Crippen LogP) is 3.83. The molecular formula is C16H14ClNO5. The van der Waals surface area contributed by atoms with E-state index < -0.39 is 4.92 Å². The van der Waals surface area contributed by atoms with Crippen LogP contribution >= 0.6 is 11.6 Å². The first-order valence-electron chi connectivity index (χ1n) is 6.67. The maximum atomic E-state index is 12.1. The van der Waals surface area contributed by atoms with Crippen LogP contribution < -0.4 is 9.47 Å². The molecule has 2 aromatic carbocycles. The molecule has 0 heterocycles. The van der Waals surface area contributed by atoms with E-state index >= 15 is 0 Å². The minimum Gasteiger partial charge on any atom is -0.495 e. The van der Waals surface area contributed by atoms with E-state index in [1.54, 1.807) is 19.1 Å². The van der Waals surface area contributed by atoms with E-state index in [1.165, 1.54) is 31.4 Å². The van der Waals surface area contributed by atoms with Gasteiger partial charge in [-0.05, 0) is 37.3 Å². The molecule has 0 N–H and O–H groups in total. The number of nitro groups is 1. The third-order valence-electron chi connectivity index (χ3n) is 3.21. The number of halogens is 1. The van der Waals surface area contributed by atoms with Crippen molar-refractivity contribution in [1.82, 2.24) is 0 Å². The fourth-order valence-corrected chi connectivity index (χ4v) is 2.25. The van der Waals surface area contributed by atoms with Gasteiger partial charge in [-0.1, -0.05) is 11.6 Å². The summed E-state index contributed by atoms with van der Waals surface area (Å²) in [4.78, 5) is 22.4. The Bertz CT molecular complexity index is 760. The number of benzene rings is 2. The van der Waals surface area contributed by atoms with Crippen molar-refractivity contribution in [1.29, 1.82) is 0 Å². The molecule has 0 aliphatic heterocycles. The monoisotopic (exact) mass is 335 g/mol. The number of nitro benzene ring substituents is 1. The third-order valence-corrected chi connectivity index (χ3v) is 3.50. The molecule has 6 nitrogen and oxygen atoms in total. The number of ether oxygens (including phenoxy) is 2. The van der Waals surface area contributed by atoms with Gasteiger partial charge in [-0.15, -0.1) is 0 Å². The van der Waals surface area contributed by atoms with Crippen molar-refractivity contribution in [2.24, 2.45) is 0 Å². The van der Waals surface area contributed by atoms with Gasteiger partial charge in [-0.3, -0.25) is 14.9 Å². The largest absolute Gasteiger partial charge is 0.495 e. The summed E-state index contributed by atoms with van der Waals surface area (Å²) in [5.41, 5.74) is 0.868. The van der Waals surface area contributed by atoms with Crippen LogP contribution in [0.2, 0.25) is 5.02 Å². The Morgan fingerprint density at radius 3 is 2.57 bits per heavy atom. The molecule has 0 aliphatic carbocycles. The molecule has 0 aliphatic rings. The van der Waals surface area contributed by atoms with Crippen molar-refractivity contribution in [3.8, 4) is 11.5 Å². The molecule has 7 heteroatoms. The highest BCUT2D eigenvalue weighted by Gasteiger charge is 2.13. The van der Waals surface area contributed by atoms with Crippen molar-refractivity contribution in [2.45, 2.75) is 6.92 Å². The Labute approximate surface area is 137 Å². The van der Waals surface area contributed by atoms with Crippen LogP contribution in [0.1, 0.15) is 15.9 Å². The maximum absolute atomic E-state index is 12.1. The Morgan fingerprint density at radius 2 is 2.00 bits per heavy atom.